The number of methoxy groups -OCH3 is 3. The Morgan fingerprint density at radius 1 is 1.10 bits per heavy atom. The first-order valence-electron chi connectivity index (χ1n) is 6.35. The number of aliphatic hydroxyl groups excluding tert-OH is 2. The van der Waals surface area contributed by atoms with E-state index in [1.807, 2.05) is 0 Å². The molecule has 0 aliphatic carbocycles. The van der Waals surface area contributed by atoms with Crippen LogP contribution in [0, 0.1) is 0 Å². The summed E-state index contributed by atoms with van der Waals surface area (Å²) in [6, 6.07) is 3.09. The Bertz CT molecular complexity index is 491. The molecule has 7 heteroatoms. The van der Waals surface area contributed by atoms with Crippen LogP contribution in [0.2, 0.25) is 0 Å². The van der Waals surface area contributed by atoms with Gasteiger partial charge in [0.2, 0.25) is 5.91 Å². The second-order valence-corrected chi connectivity index (χ2v) is 4.40. The van der Waals surface area contributed by atoms with Crippen molar-refractivity contribution in [1.82, 2.24) is 5.32 Å². The van der Waals surface area contributed by atoms with Gasteiger partial charge in [-0.05, 0) is 6.07 Å². The zero-order valence-corrected chi connectivity index (χ0v) is 12.5. The van der Waals surface area contributed by atoms with Gasteiger partial charge in [0.25, 0.3) is 0 Å². The molecule has 0 spiro atoms. The predicted molar refractivity (Wildman–Crippen MR) is 75.7 cm³/mol. The van der Waals surface area contributed by atoms with Gasteiger partial charge in [0.1, 0.15) is 18.0 Å². The summed E-state index contributed by atoms with van der Waals surface area (Å²) < 4.78 is 15.5. The average molecular weight is 299 g/mol. The van der Waals surface area contributed by atoms with Crippen molar-refractivity contribution < 1.29 is 29.2 Å². The fourth-order valence-corrected chi connectivity index (χ4v) is 1.85. The van der Waals surface area contributed by atoms with E-state index in [0.29, 0.717) is 22.8 Å². The molecule has 0 radical (unpaired) electrons. The van der Waals surface area contributed by atoms with Crippen molar-refractivity contribution in [2.75, 3.05) is 27.9 Å². The van der Waals surface area contributed by atoms with Crippen LogP contribution in [0.5, 0.6) is 17.2 Å². The van der Waals surface area contributed by atoms with Gasteiger partial charge in [-0.15, -0.1) is 0 Å². The first-order valence-corrected chi connectivity index (χ1v) is 6.35. The van der Waals surface area contributed by atoms with Crippen LogP contribution < -0.4 is 19.5 Å². The summed E-state index contributed by atoms with van der Waals surface area (Å²) in [5, 5.41) is 22.6. The highest BCUT2D eigenvalue weighted by atomic mass is 16.5. The van der Waals surface area contributed by atoms with E-state index in [4.69, 9.17) is 14.2 Å². The van der Waals surface area contributed by atoms with E-state index < -0.39 is 12.2 Å². The molecule has 2 atom stereocenters. The number of hydrogen-bond donors (Lipinski definition) is 3. The van der Waals surface area contributed by atoms with E-state index in [1.54, 1.807) is 6.07 Å². The van der Waals surface area contributed by atoms with Gasteiger partial charge in [-0.2, -0.15) is 0 Å². The molecule has 3 N–H and O–H groups in total. The Labute approximate surface area is 123 Å². The van der Waals surface area contributed by atoms with Crippen molar-refractivity contribution in [3.05, 3.63) is 17.7 Å². The number of carbonyl (C=O) groups excluding carboxylic acids is 1. The van der Waals surface area contributed by atoms with Crippen molar-refractivity contribution in [2.24, 2.45) is 0 Å². The molecule has 21 heavy (non-hydrogen) atoms. The molecular formula is C14H21NO6. The SMILES string of the molecule is COc1cc(OC)c(C(O)C(O)CNC(C)=O)cc1OC. The van der Waals surface area contributed by atoms with Crippen molar-refractivity contribution >= 4 is 5.91 Å². The molecule has 1 rings (SSSR count). The van der Waals surface area contributed by atoms with E-state index in [0.717, 1.165) is 0 Å². The molecule has 0 heterocycles. The Morgan fingerprint density at radius 3 is 2.10 bits per heavy atom. The normalized spacial score (nSPS) is 13.2. The van der Waals surface area contributed by atoms with Gasteiger partial charge in [0.05, 0.1) is 21.3 Å². The number of nitrogens with one attached hydrogen (secondary N) is 1. The average Bonchev–Trinajstić information content (AvgIpc) is 2.50. The molecule has 1 aromatic rings. The lowest BCUT2D eigenvalue weighted by Crippen LogP contribution is -2.34. The zero-order chi connectivity index (χ0) is 16.0. The standard InChI is InChI=1S/C14H21NO6/c1-8(16)15-7-10(17)14(18)9-5-12(20-3)13(21-4)6-11(9)19-2/h5-6,10,14,17-18H,7H2,1-4H3,(H,15,16). The van der Waals surface area contributed by atoms with Crippen LogP contribution in [0.1, 0.15) is 18.6 Å². The van der Waals surface area contributed by atoms with Crippen LogP contribution >= 0.6 is 0 Å². The van der Waals surface area contributed by atoms with Crippen molar-refractivity contribution in [3.63, 3.8) is 0 Å². The van der Waals surface area contributed by atoms with Gasteiger partial charge in [-0.25, -0.2) is 0 Å². The third-order valence-electron chi connectivity index (χ3n) is 2.98. The molecule has 1 amide bonds. The summed E-state index contributed by atoms with van der Waals surface area (Å²) in [6.45, 7) is 1.25. The highest BCUT2D eigenvalue weighted by Gasteiger charge is 2.24. The lowest BCUT2D eigenvalue weighted by molar-refractivity contribution is -0.119. The fourth-order valence-electron chi connectivity index (χ4n) is 1.85. The van der Waals surface area contributed by atoms with Crippen molar-refractivity contribution in [3.8, 4) is 17.2 Å². The number of hydrogen-bond acceptors (Lipinski definition) is 6. The van der Waals surface area contributed by atoms with Gasteiger partial charge in [-0.1, -0.05) is 0 Å². The van der Waals surface area contributed by atoms with Gasteiger partial charge in [0, 0.05) is 25.1 Å². The summed E-state index contributed by atoms with van der Waals surface area (Å²) in [4.78, 5) is 10.8. The quantitative estimate of drug-likeness (QED) is 0.667. The maximum absolute atomic E-state index is 10.8. The van der Waals surface area contributed by atoms with Crippen LogP contribution in [-0.2, 0) is 4.79 Å². The van der Waals surface area contributed by atoms with Crippen LogP contribution in [0.4, 0.5) is 0 Å². The summed E-state index contributed by atoms with van der Waals surface area (Å²) >= 11 is 0. The molecule has 118 valence electrons. The molecule has 0 aliphatic rings. The third-order valence-corrected chi connectivity index (χ3v) is 2.98. The van der Waals surface area contributed by atoms with Crippen molar-refractivity contribution in [2.45, 2.75) is 19.1 Å². The third kappa shape index (κ3) is 4.24. The van der Waals surface area contributed by atoms with Gasteiger partial charge in [-0.3, -0.25) is 4.79 Å². The minimum atomic E-state index is -1.24. The van der Waals surface area contributed by atoms with Crippen LogP contribution in [0.25, 0.3) is 0 Å². The van der Waals surface area contributed by atoms with Gasteiger partial charge in [0.15, 0.2) is 11.5 Å². The molecule has 0 saturated heterocycles. The molecule has 2 unspecified atom stereocenters. The molecular weight excluding hydrogens is 278 g/mol. The second-order valence-electron chi connectivity index (χ2n) is 4.40. The first kappa shape index (κ1) is 17.1. The number of rotatable bonds is 7. The lowest BCUT2D eigenvalue weighted by Gasteiger charge is -2.22. The van der Waals surface area contributed by atoms with E-state index in [1.165, 1.54) is 34.3 Å². The summed E-state index contributed by atoms with van der Waals surface area (Å²) in [5.74, 6) is 0.906. The van der Waals surface area contributed by atoms with Crippen LogP contribution in [0.3, 0.4) is 0 Å². The van der Waals surface area contributed by atoms with Crippen molar-refractivity contribution in [1.29, 1.82) is 0 Å². The molecule has 0 aliphatic heterocycles. The van der Waals surface area contributed by atoms with Crippen LogP contribution in [-0.4, -0.2) is 50.1 Å². The predicted octanol–water partition coefficient (Wildman–Crippen LogP) is 0.243. The highest BCUT2D eigenvalue weighted by Crippen LogP contribution is 2.38. The number of aliphatic hydroxyl groups is 2. The number of benzene rings is 1. The zero-order valence-electron chi connectivity index (χ0n) is 12.5. The first-order chi connectivity index (χ1) is 9.94. The van der Waals surface area contributed by atoms with E-state index >= 15 is 0 Å². The smallest absolute Gasteiger partial charge is 0.216 e. The van der Waals surface area contributed by atoms with Gasteiger partial charge < -0.3 is 29.7 Å². The Hall–Kier alpha value is -1.99. The Morgan fingerprint density at radius 2 is 1.62 bits per heavy atom. The lowest BCUT2D eigenvalue weighted by atomic mass is 10.0. The number of carbonyl (C=O) groups is 1. The molecule has 0 bridgehead atoms. The molecule has 0 saturated carbocycles. The van der Waals surface area contributed by atoms with E-state index in [2.05, 4.69) is 5.32 Å². The maximum Gasteiger partial charge on any atom is 0.216 e. The number of amides is 1. The van der Waals surface area contributed by atoms with E-state index in [9.17, 15) is 15.0 Å². The molecule has 0 aromatic heterocycles. The summed E-state index contributed by atoms with van der Waals surface area (Å²) in [7, 11) is 4.39. The Balaban J connectivity index is 3.06. The number of ether oxygens (including phenoxy) is 3. The monoisotopic (exact) mass is 299 g/mol. The van der Waals surface area contributed by atoms with Crippen LogP contribution in [0.15, 0.2) is 12.1 Å². The molecule has 0 fully saturated rings. The molecule has 1 aromatic carbocycles. The van der Waals surface area contributed by atoms with E-state index in [-0.39, 0.29) is 12.5 Å². The molecule has 7 nitrogen and oxygen atoms in total. The summed E-state index contributed by atoms with van der Waals surface area (Å²) in [5.41, 5.74) is 0.341. The Kier molecular flexibility index (Phi) is 6.26. The fraction of sp³-hybridized carbons (Fsp3) is 0.500. The minimum Gasteiger partial charge on any atom is -0.496 e. The second kappa shape index (κ2) is 7.70. The topological polar surface area (TPSA) is 97.3 Å². The largest absolute Gasteiger partial charge is 0.496 e. The minimum absolute atomic E-state index is 0.0754. The highest BCUT2D eigenvalue weighted by molar-refractivity contribution is 5.72. The summed E-state index contributed by atoms with van der Waals surface area (Å²) in [6.07, 6.45) is -2.42. The maximum atomic E-state index is 10.8. The van der Waals surface area contributed by atoms with Gasteiger partial charge >= 0.3 is 0 Å².